The lowest BCUT2D eigenvalue weighted by Gasteiger charge is -1.98. The van der Waals surface area contributed by atoms with E-state index in [1.54, 1.807) is 10.9 Å². The molecule has 0 atom stereocenters. The van der Waals surface area contributed by atoms with Gasteiger partial charge in [0, 0.05) is 18.8 Å². The second-order valence-corrected chi connectivity index (χ2v) is 4.07. The van der Waals surface area contributed by atoms with Gasteiger partial charge in [0.15, 0.2) is 0 Å². The van der Waals surface area contributed by atoms with Gasteiger partial charge >= 0.3 is 0 Å². The highest BCUT2D eigenvalue weighted by molar-refractivity contribution is 5.59. The van der Waals surface area contributed by atoms with Gasteiger partial charge in [-0.3, -0.25) is 4.68 Å². The number of benzene rings is 1. The molecule has 2 heterocycles. The number of aryl methyl sites for hydroxylation is 2. The van der Waals surface area contributed by atoms with Crippen molar-refractivity contribution in [2.24, 2.45) is 7.05 Å². The van der Waals surface area contributed by atoms with Gasteiger partial charge in [0.25, 0.3) is 5.89 Å². The first-order valence-corrected chi connectivity index (χ1v) is 5.63. The van der Waals surface area contributed by atoms with Crippen LogP contribution < -0.4 is 0 Å². The minimum Gasteiger partial charge on any atom is -0.415 e. The Hall–Kier alpha value is -2.43. The average Bonchev–Trinajstić information content (AvgIpc) is 2.98. The lowest BCUT2D eigenvalue weighted by atomic mass is 10.1. The van der Waals surface area contributed by atoms with Crippen molar-refractivity contribution in [3.8, 4) is 23.0 Å². The summed E-state index contributed by atoms with van der Waals surface area (Å²) in [4.78, 5) is 0. The van der Waals surface area contributed by atoms with E-state index in [1.165, 1.54) is 0 Å². The van der Waals surface area contributed by atoms with Crippen molar-refractivity contribution >= 4 is 0 Å². The number of aromatic nitrogens is 4. The zero-order valence-electron chi connectivity index (χ0n) is 10.2. The first-order valence-electron chi connectivity index (χ1n) is 5.63. The lowest BCUT2D eigenvalue weighted by molar-refractivity contribution is 0.574. The van der Waals surface area contributed by atoms with Crippen LogP contribution in [0.15, 0.2) is 40.9 Å². The fourth-order valence-electron chi connectivity index (χ4n) is 1.83. The second kappa shape index (κ2) is 4.10. The summed E-state index contributed by atoms with van der Waals surface area (Å²) in [7, 11) is 1.84. The predicted octanol–water partition coefficient (Wildman–Crippen LogP) is 2.45. The van der Waals surface area contributed by atoms with Crippen molar-refractivity contribution in [2.75, 3.05) is 0 Å². The Balaban J connectivity index is 2.05. The van der Waals surface area contributed by atoms with Crippen molar-refractivity contribution in [1.29, 1.82) is 0 Å². The van der Waals surface area contributed by atoms with Gasteiger partial charge in [-0.25, -0.2) is 0 Å². The van der Waals surface area contributed by atoms with E-state index in [2.05, 4.69) is 15.3 Å². The molecule has 5 heteroatoms. The van der Waals surface area contributed by atoms with E-state index in [-0.39, 0.29) is 0 Å². The molecule has 1 aromatic carbocycles. The van der Waals surface area contributed by atoms with Gasteiger partial charge in [0.05, 0.1) is 0 Å². The zero-order valence-corrected chi connectivity index (χ0v) is 10.2. The van der Waals surface area contributed by atoms with Crippen LogP contribution >= 0.6 is 0 Å². The van der Waals surface area contributed by atoms with E-state index in [9.17, 15) is 0 Å². The standard InChI is InChI=1S/C13H12N4O/c1-9-5-3-4-6-10(9)12-15-16-13(18-12)11-7-8-14-17(11)2/h3-8H,1-2H3. The van der Waals surface area contributed by atoms with Crippen LogP contribution in [0.3, 0.4) is 0 Å². The van der Waals surface area contributed by atoms with E-state index in [4.69, 9.17) is 4.42 Å². The molecule has 0 saturated heterocycles. The molecule has 90 valence electrons. The summed E-state index contributed by atoms with van der Waals surface area (Å²) in [6.07, 6.45) is 1.70. The lowest BCUT2D eigenvalue weighted by Crippen LogP contribution is -1.92. The summed E-state index contributed by atoms with van der Waals surface area (Å²) >= 11 is 0. The van der Waals surface area contributed by atoms with E-state index >= 15 is 0 Å². The summed E-state index contributed by atoms with van der Waals surface area (Å²) in [5.74, 6) is 1.01. The molecule has 3 rings (SSSR count). The van der Waals surface area contributed by atoms with Crippen LogP contribution in [-0.2, 0) is 7.05 Å². The Morgan fingerprint density at radius 2 is 1.83 bits per heavy atom. The molecule has 0 N–H and O–H groups in total. The smallest absolute Gasteiger partial charge is 0.266 e. The molecule has 0 aliphatic heterocycles. The maximum Gasteiger partial charge on any atom is 0.266 e. The maximum absolute atomic E-state index is 5.69. The van der Waals surface area contributed by atoms with Gasteiger partial charge in [0.2, 0.25) is 5.89 Å². The van der Waals surface area contributed by atoms with Crippen LogP contribution in [0.1, 0.15) is 5.56 Å². The molecule has 0 unspecified atom stereocenters. The molecule has 0 spiro atoms. The molecule has 0 saturated carbocycles. The highest BCUT2D eigenvalue weighted by Crippen LogP contribution is 2.25. The van der Waals surface area contributed by atoms with Crippen LogP contribution in [0.5, 0.6) is 0 Å². The fourth-order valence-corrected chi connectivity index (χ4v) is 1.83. The molecular formula is C13H12N4O. The molecule has 5 nitrogen and oxygen atoms in total. The Morgan fingerprint density at radius 1 is 1.06 bits per heavy atom. The number of hydrogen-bond donors (Lipinski definition) is 0. The van der Waals surface area contributed by atoms with E-state index in [0.717, 1.165) is 16.8 Å². The van der Waals surface area contributed by atoms with E-state index in [1.807, 2.05) is 44.3 Å². The monoisotopic (exact) mass is 240 g/mol. The Kier molecular flexibility index (Phi) is 2.44. The predicted molar refractivity (Wildman–Crippen MR) is 66.7 cm³/mol. The summed E-state index contributed by atoms with van der Waals surface area (Å²) in [6, 6.07) is 9.77. The molecule has 3 aromatic rings. The number of rotatable bonds is 2. The largest absolute Gasteiger partial charge is 0.415 e. The Morgan fingerprint density at radius 3 is 2.56 bits per heavy atom. The normalized spacial score (nSPS) is 10.8. The van der Waals surface area contributed by atoms with Crippen molar-refractivity contribution in [3.05, 3.63) is 42.1 Å². The maximum atomic E-state index is 5.69. The summed E-state index contributed by atoms with van der Waals surface area (Å²) in [6.45, 7) is 2.02. The molecule has 0 radical (unpaired) electrons. The minimum absolute atomic E-state index is 0.480. The summed E-state index contributed by atoms with van der Waals surface area (Å²) in [5.41, 5.74) is 2.87. The van der Waals surface area contributed by atoms with Crippen LogP contribution in [-0.4, -0.2) is 20.0 Å². The van der Waals surface area contributed by atoms with E-state index in [0.29, 0.717) is 11.8 Å². The quantitative estimate of drug-likeness (QED) is 0.690. The third-order valence-corrected chi connectivity index (χ3v) is 2.84. The third kappa shape index (κ3) is 1.69. The third-order valence-electron chi connectivity index (χ3n) is 2.84. The second-order valence-electron chi connectivity index (χ2n) is 4.07. The molecular weight excluding hydrogens is 228 g/mol. The van der Waals surface area contributed by atoms with Gasteiger partial charge < -0.3 is 4.42 Å². The summed E-state index contributed by atoms with van der Waals surface area (Å²) in [5, 5.41) is 12.2. The van der Waals surface area contributed by atoms with Gasteiger partial charge in [-0.05, 0) is 24.6 Å². The average molecular weight is 240 g/mol. The van der Waals surface area contributed by atoms with Crippen LogP contribution in [0.25, 0.3) is 23.0 Å². The fraction of sp³-hybridized carbons (Fsp3) is 0.154. The molecule has 0 amide bonds. The van der Waals surface area contributed by atoms with Crippen molar-refractivity contribution in [2.45, 2.75) is 6.92 Å². The van der Waals surface area contributed by atoms with Gasteiger partial charge in [-0.2, -0.15) is 5.10 Å². The highest BCUT2D eigenvalue weighted by atomic mass is 16.4. The van der Waals surface area contributed by atoms with Gasteiger partial charge in [-0.15, -0.1) is 10.2 Å². The first-order chi connectivity index (χ1) is 8.75. The van der Waals surface area contributed by atoms with Crippen molar-refractivity contribution in [1.82, 2.24) is 20.0 Å². The Labute approximate surface area is 104 Å². The zero-order chi connectivity index (χ0) is 12.5. The van der Waals surface area contributed by atoms with Crippen LogP contribution in [0, 0.1) is 6.92 Å². The first kappa shape index (κ1) is 10.7. The highest BCUT2D eigenvalue weighted by Gasteiger charge is 2.13. The van der Waals surface area contributed by atoms with Crippen molar-refractivity contribution in [3.63, 3.8) is 0 Å². The Bertz CT molecular complexity index is 684. The molecule has 18 heavy (non-hydrogen) atoms. The van der Waals surface area contributed by atoms with E-state index < -0.39 is 0 Å². The van der Waals surface area contributed by atoms with Crippen molar-refractivity contribution < 1.29 is 4.42 Å². The van der Waals surface area contributed by atoms with Crippen LogP contribution in [0.4, 0.5) is 0 Å². The number of nitrogens with zero attached hydrogens (tertiary/aromatic N) is 4. The minimum atomic E-state index is 0.480. The molecule has 0 fully saturated rings. The van der Waals surface area contributed by atoms with Gasteiger partial charge in [-0.1, -0.05) is 18.2 Å². The number of hydrogen-bond acceptors (Lipinski definition) is 4. The summed E-state index contributed by atoms with van der Waals surface area (Å²) < 4.78 is 7.40. The molecule has 2 aromatic heterocycles. The molecule has 0 aliphatic carbocycles. The van der Waals surface area contributed by atoms with Gasteiger partial charge in [0.1, 0.15) is 5.69 Å². The van der Waals surface area contributed by atoms with Crippen LogP contribution in [0.2, 0.25) is 0 Å². The SMILES string of the molecule is Cc1ccccc1-c1nnc(-c2ccnn2C)o1. The molecule has 0 aliphatic rings. The molecule has 0 bridgehead atoms. The topological polar surface area (TPSA) is 56.7 Å².